The predicted octanol–water partition coefficient (Wildman–Crippen LogP) is 4.52. The van der Waals surface area contributed by atoms with Crippen LogP contribution >= 0.6 is 0 Å². The van der Waals surface area contributed by atoms with Gasteiger partial charge in [-0.25, -0.2) is 0 Å². The molecule has 1 heterocycles. The summed E-state index contributed by atoms with van der Waals surface area (Å²) < 4.78 is 56.7. The van der Waals surface area contributed by atoms with Crippen LogP contribution in [0.25, 0.3) is 0 Å². The molecule has 4 rings (SSSR count). The minimum absolute atomic E-state index is 0.00502. The van der Waals surface area contributed by atoms with Gasteiger partial charge in [-0.1, -0.05) is 30.3 Å². The van der Waals surface area contributed by atoms with Gasteiger partial charge in [0.15, 0.2) is 12.0 Å². The highest BCUT2D eigenvalue weighted by Crippen LogP contribution is 2.35. The normalized spacial score (nSPS) is 12.5. The number of aromatic hydroxyl groups is 1. The first-order valence-electron chi connectivity index (χ1n) is 14.4. The van der Waals surface area contributed by atoms with Crippen LogP contribution in [0.1, 0.15) is 62.8 Å². The molecule has 2 atom stereocenters. The Balaban J connectivity index is 1.46. The number of nitrogens with one attached hydrogen (secondary N) is 1. The highest BCUT2D eigenvalue weighted by molar-refractivity contribution is 6.02. The monoisotopic (exact) mass is 668 g/mol. The molecular weight excluding hydrogens is 637 g/mol. The van der Waals surface area contributed by atoms with Crippen molar-refractivity contribution in [2.24, 2.45) is 0 Å². The van der Waals surface area contributed by atoms with Gasteiger partial charge in [-0.3, -0.25) is 9.59 Å². The minimum atomic E-state index is -4.53. The molecule has 48 heavy (non-hydrogen) atoms. The molecule has 0 saturated carbocycles. The van der Waals surface area contributed by atoms with E-state index in [-0.39, 0.29) is 39.7 Å². The number of amides is 1. The number of phenols is 1. The number of nitriles is 1. The lowest BCUT2D eigenvalue weighted by Gasteiger charge is -2.19. The van der Waals surface area contributed by atoms with Gasteiger partial charge in [0.1, 0.15) is 42.6 Å². The topological polar surface area (TPSA) is 182 Å². The molecule has 0 spiro atoms. The van der Waals surface area contributed by atoms with E-state index >= 15 is 0 Å². The zero-order valence-corrected chi connectivity index (χ0v) is 26.0. The lowest BCUT2D eigenvalue weighted by atomic mass is 10.0. The molecule has 1 amide bonds. The number of aryl methyl sites for hydroxylation is 1. The first-order valence-corrected chi connectivity index (χ1v) is 14.4. The van der Waals surface area contributed by atoms with E-state index in [9.17, 15) is 38.2 Å². The van der Waals surface area contributed by atoms with Crippen molar-refractivity contribution in [1.82, 2.24) is 20.2 Å². The largest absolute Gasteiger partial charge is 0.507 e. The standard InChI is InChI=1S/C32H31F3N6O7/c1-18-13-21(15-36)27(14-25(18)37-30(45)29-38-39-40-41(29)31(46-3)20-7-5-4-6-8-20)48-17-22(43)16-47-26-10-9-23(19(2)42)28(44)24(26)11-12-32(33,34)35/h4-10,13-14,22,31,43-44H,11-12,16-17H2,1-3H3,(H,37,45). The van der Waals surface area contributed by atoms with Crippen LogP contribution in [-0.4, -0.2) is 74.7 Å². The zero-order chi connectivity index (χ0) is 35.0. The molecule has 0 bridgehead atoms. The molecule has 0 aliphatic rings. The van der Waals surface area contributed by atoms with Gasteiger partial charge in [0.05, 0.1) is 11.1 Å². The maximum absolute atomic E-state index is 13.3. The number of methoxy groups -OCH3 is 1. The van der Waals surface area contributed by atoms with Crippen LogP contribution in [0.15, 0.2) is 54.6 Å². The molecule has 4 aromatic rings. The second-order valence-electron chi connectivity index (χ2n) is 10.6. The third-order valence-electron chi connectivity index (χ3n) is 7.06. The van der Waals surface area contributed by atoms with E-state index in [1.807, 2.05) is 12.1 Å². The average Bonchev–Trinajstić information content (AvgIpc) is 3.53. The number of halogens is 3. The maximum atomic E-state index is 13.3. The van der Waals surface area contributed by atoms with Gasteiger partial charge in [-0.05, 0) is 54.5 Å². The summed E-state index contributed by atoms with van der Waals surface area (Å²) in [4.78, 5) is 25.1. The number of benzene rings is 3. The van der Waals surface area contributed by atoms with E-state index in [2.05, 4.69) is 20.8 Å². The summed E-state index contributed by atoms with van der Waals surface area (Å²) in [5, 5.41) is 44.7. The third-order valence-corrected chi connectivity index (χ3v) is 7.06. The Labute approximate surface area is 272 Å². The van der Waals surface area contributed by atoms with E-state index in [1.165, 1.54) is 36.1 Å². The molecule has 0 fully saturated rings. The Bertz CT molecular complexity index is 1810. The van der Waals surface area contributed by atoms with Gasteiger partial charge in [0, 0.05) is 36.4 Å². The van der Waals surface area contributed by atoms with Crippen molar-refractivity contribution in [2.75, 3.05) is 25.6 Å². The van der Waals surface area contributed by atoms with Crippen molar-refractivity contribution >= 4 is 17.4 Å². The quantitative estimate of drug-likeness (QED) is 0.161. The number of hydrogen-bond donors (Lipinski definition) is 3. The number of rotatable bonds is 14. The first-order chi connectivity index (χ1) is 22.8. The fourth-order valence-electron chi connectivity index (χ4n) is 4.67. The molecule has 0 aliphatic heterocycles. The number of aliphatic hydroxyl groups excluding tert-OH is 1. The van der Waals surface area contributed by atoms with Gasteiger partial charge < -0.3 is 29.7 Å². The number of alkyl halides is 3. The summed E-state index contributed by atoms with van der Waals surface area (Å²) in [6.07, 6.45) is -8.62. The van der Waals surface area contributed by atoms with Gasteiger partial charge in [-0.2, -0.15) is 23.1 Å². The molecule has 16 heteroatoms. The first kappa shape index (κ1) is 35.3. The number of carbonyl (C=O) groups excluding carboxylic acids is 2. The lowest BCUT2D eigenvalue weighted by Crippen LogP contribution is -2.26. The second-order valence-corrected chi connectivity index (χ2v) is 10.6. The minimum Gasteiger partial charge on any atom is -0.507 e. The number of phenolic OH excluding ortho intramolecular Hbond substituents is 1. The van der Waals surface area contributed by atoms with E-state index in [0.29, 0.717) is 11.1 Å². The molecule has 0 radical (unpaired) electrons. The van der Waals surface area contributed by atoms with Gasteiger partial charge >= 0.3 is 6.18 Å². The molecule has 13 nitrogen and oxygen atoms in total. The fourth-order valence-corrected chi connectivity index (χ4v) is 4.67. The second kappa shape index (κ2) is 15.4. The summed E-state index contributed by atoms with van der Waals surface area (Å²) >= 11 is 0. The summed E-state index contributed by atoms with van der Waals surface area (Å²) in [5.74, 6) is -2.18. The predicted molar refractivity (Wildman–Crippen MR) is 163 cm³/mol. The van der Waals surface area contributed by atoms with Crippen LogP contribution in [0.4, 0.5) is 18.9 Å². The Hall–Kier alpha value is -5.53. The summed E-state index contributed by atoms with van der Waals surface area (Å²) in [7, 11) is 1.44. The van der Waals surface area contributed by atoms with Crippen molar-refractivity contribution in [2.45, 2.75) is 45.2 Å². The number of Topliss-reactive ketones (excluding diaryl/α,β-unsaturated/α-hetero) is 1. The van der Waals surface area contributed by atoms with Crippen molar-refractivity contribution in [3.05, 3.63) is 88.2 Å². The molecule has 3 N–H and O–H groups in total. The number of carbonyl (C=O) groups is 2. The van der Waals surface area contributed by atoms with E-state index < -0.39 is 62.0 Å². The van der Waals surface area contributed by atoms with Crippen molar-refractivity contribution in [3.63, 3.8) is 0 Å². The molecule has 0 aliphatic carbocycles. The smallest absolute Gasteiger partial charge is 0.389 e. The number of hydrogen-bond acceptors (Lipinski definition) is 11. The number of aliphatic hydroxyl groups is 1. The lowest BCUT2D eigenvalue weighted by molar-refractivity contribution is -0.134. The summed E-state index contributed by atoms with van der Waals surface area (Å²) in [6, 6.07) is 16.3. The summed E-state index contributed by atoms with van der Waals surface area (Å²) in [6.45, 7) is 1.91. The van der Waals surface area contributed by atoms with Gasteiger partial charge in [0.25, 0.3) is 5.91 Å². The number of nitrogens with zero attached hydrogens (tertiary/aromatic N) is 5. The van der Waals surface area contributed by atoms with Crippen molar-refractivity contribution < 1.29 is 47.2 Å². The number of aromatic nitrogens is 4. The van der Waals surface area contributed by atoms with Crippen LogP contribution in [0.2, 0.25) is 0 Å². The number of anilines is 1. The van der Waals surface area contributed by atoms with Crippen LogP contribution in [0, 0.1) is 18.3 Å². The highest BCUT2D eigenvalue weighted by Gasteiger charge is 2.29. The molecule has 1 aromatic heterocycles. The number of tetrazole rings is 1. The molecule has 3 aromatic carbocycles. The highest BCUT2D eigenvalue weighted by atomic mass is 19.4. The zero-order valence-electron chi connectivity index (χ0n) is 26.0. The van der Waals surface area contributed by atoms with Gasteiger partial charge in [0.2, 0.25) is 5.82 Å². The Morgan fingerprint density at radius 2 is 1.77 bits per heavy atom. The molecular formula is C32H31F3N6O7. The van der Waals surface area contributed by atoms with Crippen molar-refractivity contribution in [3.8, 4) is 23.3 Å². The molecule has 0 saturated heterocycles. The average molecular weight is 669 g/mol. The summed E-state index contributed by atoms with van der Waals surface area (Å²) in [5.41, 5.74) is 1.13. The van der Waals surface area contributed by atoms with Crippen LogP contribution < -0.4 is 14.8 Å². The van der Waals surface area contributed by atoms with Gasteiger partial charge in [-0.15, -0.1) is 5.10 Å². The van der Waals surface area contributed by atoms with Crippen LogP contribution in [0.3, 0.4) is 0 Å². The third kappa shape index (κ3) is 8.63. The van der Waals surface area contributed by atoms with E-state index in [0.717, 1.165) is 6.92 Å². The van der Waals surface area contributed by atoms with E-state index in [4.69, 9.17) is 14.2 Å². The maximum Gasteiger partial charge on any atom is 0.389 e. The number of ether oxygens (including phenoxy) is 3. The Morgan fingerprint density at radius 1 is 1.08 bits per heavy atom. The molecule has 2 unspecified atom stereocenters. The Morgan fingerprint density at radius 3 is 2.40 bits per heavy atom. The SMILES string of the molecule is COC(c1ccccc1)n1nnnc1C(=O)Nc1cc(OCC(O)COc2ccc(C(C)=O)c(O)c2CCC(F)(F)F)c(C#N)cc1C. The number of ketones is 1. The molecule has 252 valence electrons. The van der Waals surface area contributed by atoms with E-state index in [1.54, 1.807) is 31.2 Å². The van der Waals surface area contributed by atoms with Crippen molar-refractivity contribution in [1.29, 1.82) is 5.26 Å². The fraction of sp³-hybridized carbons (Fsp3) is 0.312. The van der Waals surface area contributed by atoms with Crippen LogP contribution in [0.5, 0.6) is 17.2 Å². The Kier molecular flexibility index (Phi) is 11.3. The van der Waals surface area contributed by atoms with Crippen LogP contribution in [-0.2, 0) is 11.2 Å².